The Hall–Kier alpha value is -1.16. The van der Waals surface area contributed by atoms with Crippen LogP contribution in [0.15, 0.2) is 12.1 Å². The molecule has 0 saturated carbocycles. The fourth-order valence-corrected chi connectivity index (χ4v) is 0.841. The molecule has 1 aromatic rings. The van der Waals surface area contributed by atoms with E-state index in [1.165, 1.54) is 0 Å². The highest BCUT2D eigenvalue weighted by Crippen LogP contribution is 1.99. The number of anilines is 1. The molecule has 2 N–H and O–H groups in total. The summed E-state index contributed by atoms with van der Waals surface area (Å²) in [5.41, 5.74) is 0.968. The summed E-state index contributed by atoms with van der Waals surface area (Å²) in [4.78, 5) is 0. The fourth-order valence-electron chi connectivity index (χ4n) is 0.841. The number of hydrogen-bond acceptors (Lipinski definition) is 4. The first-order valence-corrected chi connectivity index (χ1v) is 4.08. The summed E-state index contributed by atoms with van der Waals surface area (Å²) < 4.78 is 0. The van der Waals surface area contributed by atoms with Crippen LogP contribution in [0.4, 0.5) is 5.82 Å². The van der Waals surface area contributed by atoms with Crippen molar-refractivity contribution in [1.82, 2.24) is 15.5 Å². The molecule has 0 radical (unpaired) electrons. The van der Waals surface area contributed by atoms with Crippen LogP contribution >= 0.6 is 0 Å². The Kier molecular flexibility index (Phi) is 3.47. The molecule has 0 aliphatic heterocycles. The summed E-state index contributed by atoms with van der Waals surface area (Å²) in [6, 6.07) is 3.88. The molecule has 1 rings (SSSR count). The van der Waals surface area contributed by atoms with Gasteiger partial charge in [0.15, 0.2) is 0 Å². The SMILES string of the molecule is CCNCc1ccc(NC)nn1. The van der Waals surface area contributed by atoms with Gasteiger partial charge in [-0.15, -0.1) is 5.10 Å². The second kappa shape index (κ2) is 4.66. The van der Waals surface area contributed by atoms with Crippen LogP contribution in [0.25, 0.3) is 0 Å². The third-order valence-corrected chi connectivity index (χ3v) is 1.53. The van der Waals surface area contributed by atoms with Gasteiger partial charge in [-0.3, -0.25) is 0 Å². The van der Waals surface area contributed by atoms with Crippen molar-refractivity contribution in [2.75, 3.05) is 18.9 Å². The Morgan fingerprint density at radius 1 is 1.33 bits per heavy atom. The molecule has 1 aromatic heterocycles. The molecule has 0 fully saturated rings. The standard InChI is InChI=1S/C8H14N4/c1-3-10-6-7-4-5-8(9-2)12-11-7/h4-5,10H,3,6H2,1-2H3,(H,9,12). The Bertz CT molecular complexity index is 219. The summed E-state index contributed by atoms with van der Waals surface area (Å²) in [6.45, 7) is 3.80. The summed E-state index contributed by atoms with van der Waals surface area (Å²) in [7, 11) is 1.83. The van der Waals surface area contributed by atoms with Gasteiger partial charge in [0.2, 0.25) is 0 Å². The van der Waals surface area contributed by atoms with E-state index < -0.39 is 0 Å². The van der Waals surface area contributed by atoms with Crippen LogP contribution in [0.3, 0.4) is 0 Å². The van der Waals surface area contributed by atoms with Gasteiger partial charge in [0.25, 0.3) is 0 Å². The number of hydrogen-bond donors (Lipinski definition) is 2. The van der Waals surface area contributed by atoms with Gasteiger partial charge in [-0.1, -0.05) is 6.92 Å². The van der Waals surface area contributed by atoms with Gasteiger partial charge in [-0.25, -0.2) is 0 Å². The van der Waals surface area contributed by atoms with E-state index in [0.717, 1.165) is 24.6 Å². The van der Waals surface area contributed by atoms with E-state index in [4.69, 9.17) is 0 Å². The Morgan fingerprint density at radius 3 is 2.67 bits per heavy atom. The Morgan fingerprint density at radius 2 is 2.17 bits per heavy atom. The first-order chi connectivity index (χ1) is 5.86. The van der Waals surface area contributed by atoms with Gasteiger partial charge in [0.05, 0.1) is 5.69 Å². The minimum Gasteiger partial charge on any atom is -0.372 e. The van der Waals surface area contributed by atoms with Crippen LogP contribution in [0, 0.1) is 0 Å². The van der Waals surface area contributed by atoms with Crippen molar-refractivity contribution in [3.63, 3.8) is 0 Å². The molecule has 12 heavy (non-hydrogen) atoms. The van der Waals surface area contributed by atoms with E-state index in [-0.39, 0.29) is 0 Å². The minimum atomic E-state index is 0.785. The van der Waals surface area contributed by atoms with Crippen LogP contribution in [0.5, 0.6) is 0 Å². The lowest BCUT2D eigenvalue weighted by atomic mass is 10.4. The smallest absolute Gasteiger partial charge is 0.148 e. The highest BCUT2D eigenvalue weighted by Gasteiger charge is 1.93. The molecular weight excluding hydrogens is 152 g/mol. The summed E-state index contributed by atoms with van der Waals surface area (Å²) in [5.74, 6) is 0.801. The third-order valence-electron chi connectivity index (χ3n) is 1.53. The highest BCUT2D eigenvalue weighted by atomic mass is 15.2. The molecule has 0 aliphatic rings. The number of nitrogens with zero attached hydrogens (tertiary/aromatic N) is 2. The average molecular weight is 166 g/mol. The molecule has 0 amide bonds. The van der Waals surface area contributed by atoms with Crippen molar-refractivity contribution in [3.8, 4) is 0 Å². The zero-order chi connectivity index (χ0) is 8.81. The van der Waals surface area contributed by atoms with Crippen LogP contribution < -0.4 is 10.6 Å². The number of rotatable bonds is 4. The normalized spacial score (nSPS) is 9.83. The number of nitrogens with one attached hydrogen (secondary N) is 2. The maximum absolute atomic E-state index is 4.01. The van der Waals surface area contributed by atoms with E-state index in [1.54, 1.807) is 0 Å². The van der Waals surface area contributed by atoms with Gasteiger partial charge in [-0.2, -0.15) is 5.10 Å². The summed E-state index contributed by atoms with van der Waals surface area (Å²) >= 11 is 0. The van der Waals surface area contributed by atoms with Crippen molar-refractivity contribution in [3.05, 3.63) is 17.8 Å². The van der Waals surface area contributed by atoms with Crippen LogP contribution in [-0.4, -0.2) is 23.8 Å². The fraction of sp³-hybridized carbons (Fsp3) is 0.500. The topological polar surface area (TPSA) is 49.8 Å². The Balaban J connectivity index is 2.53. The van der Waals surface area contributed by atoms with Gasteiger partial charge in [0.1, 0.15) is 5.82 Å². The molecule has 0 unspecified atom stereocenters. The van der Waals surface area contributed by atoms with Crippen molar-refractivity contribution in [2.45, 2.75) is 13.5 Å². The Labute approximate surface area is 72.4 Å². The lowest BCUT2D eigenvalue weighted by molar-refractivity contribution is 0.699. The van der Waals surface area contributed by atoms with E-state index in [9.17, 15) is 0 Å². The molecule has 0 saturated heterocycles. The predicted octanol–water partition coefficient (Wildman–Crippen LogP) is 0.628. The second-order valence-electron chi connectivity index (χ2n) is 2.44. The second-order valence-corrected chi connectivity index (χ2v) is 2.44. The van der Waals surface area contributed by atoms with Crippen LogP contribution in [0.1, 0.15) is 12.6 Å². The van der Waals surface area contributed by atoms with Gasteiger partial charge in [0, 0.05) is 13.6 Å². The van der Waals surface area contributed by atoms with Crippen molar-refractivity contribution in [2.24, 2.45) is 0 Å². The monoisotopic (exact) mass is 166 g/mol. The molecule has 0 spiro atoms. The molecule has 4 nitrogen and oxygen atoms in total. The van der Waals surface area contributed by atoms with E-state index in [2.05, 4.69) is 27.8 Å². The van der Waals surface area contributed by atoms with Gasteiger partial charge in [-0.05, 0) is 18.7 Å². The largest absolute Gasteiger partial charge is 0.372 e. The van der Waals surface area contributed by atoms with Crippen LogP contribution in [0.2, 0.25) is 0 Å². The van der Waals surface area contributed by atoms with Gasteiger partial charge >= 0.3 is 0 Å². The molecule has 66 valence electrons. The molecule has 1 heterocycles. The summed E-state index contributed by atoms with van der Waals surface area (Å²) in [5, 5.41) is 14.1. The van der Waals surface area contributed by atoms with E-state index in [0.29, 0.717) is 0 Å². The lowest BCUT2D eigenvalue weighted by Crippen LogP contribution is -2.13. The first kappa shape index (κ1) is 8.93. The quantitative estimate of drug-likeness (QED) is 0.688. The van der Waals surface area contributed by atoms with E-state index in [1.807, 2.05) is 19.2 Å². The highest BCUT2D eigenvalue weighted by molar-refractivity contribution is 5.31. The predicted molar refractivity (Wildman–Crippen MR) is 49.0 cm³/mol. The molecular formula is C8H14N4. The van der Waals surface area contributed by atoms with Crippen molar-refractivity contribution < 1.29 is 0 Å². The molecule has 4 heteroatoms. The number of aromatic nitrogens is 2. The third kappa shape index (κ3) is 2.47. The molecule has 0 bridgehead atoms. The summed E-state index contributed by atoms with van der Waals surface area (Å²) in [6.07, 6.45) is 0. The van der Waals surface area contributed by atoms with Crippen molar-refractivity contribution >= 4 is 5.82 Å². The van der Waals surface area contributed by atoms with Crippen LogP contribution in [-0.2, 0) is 6.54 Å². The molecule has 0 aromatic carbocycles. The zero-order valence-corrected chi connectivity index (χ0v) is 7.46. The minimum absolute atomic E-state index is 0.785. The lowest BCUT2D eigenvalue weighted by Gasteiger charge is -2.01. The first-order valence-electron chi connectivity index (χ1n) is 4.08. The van der Waals surface area contributed by atoms with Crippen molar-refractivity contribution in [1.29, 1.82) is 0 Å². The molecule has 0 aliphatic carbocycles. The van der Waals surface area contributed by atoms with E-state index >= 15 is 0 Å². The zero-order valence-electron chi connectivity index (χ0n) is 7.46. The maximum atomic E-state index is 4.01. The average Bonchev–Trinajstić information content (AvgIpc) is 2.15. The maximum Gasteiger partial charge on any atom is 0.148 e. The molecule has 0 atom stereocenters. The van der Waals surface area contributed by atoms with Gasteiger partial charge < -0.3 is 10.6 Å².